The van der Waals surface area contributed by atoms with Gasteiger partial charge in [-0.2, -0.15) is 0 Å². The minimum Gasteiger partial charge on any atom is -0.278 e. The molecule has 3 aromatic heterocycles. The maximum atomic E-state index is 5.29. The molecule has 0 saturated carbocycles. The number of benzene rings is 7. The Kier molecular flexibility index (Phi) is 6.05. The number of para-hydroxylation sites is 1. The van der Waals surface area contributed by atoms with Crippen LogP contribution < -0.4 is 0 Å². The van der Waals surface area contributed by atoms with Crippen LogP contribution in [0.5, 0.6) is 0 Å². The predicted molar refractivity (Wildman–Crippen MR) is 203 cm³/mol. The van der Waals surface area contributed by atoms with Gasteiger partial charge in [-0.05, 0) is 70.8 Å². The van der Waals surface area contributed by atoms with Gasteiger partial charge in [0.1, 0.15) is 0 Å². The highest BCUT2D eigenvalue weighted by Gasteiger charge is 2.19. The molecule has 0 saturated heterocycles. The van der Waals surface area contributed by atoms with Gasteiger partial charge in [-0.1, -0.05) is 115 Å². The first-order chi connectivity index (χ1) is 23.8. The highest BCUT2D eigenvalue weighted by atomic mass is 32.1. The van der Waals surface area contributed by atoms with Crippen molar-refractivity contribution < 1.29 is 0 Å². The van der Waals surface area contributed by atoms with Crippen LogP contribution in [0, 0.1) is 0 Å². The Balaban J connectivity index is 1.24. The van der Waals surface area contributed by atoms with Gasteiger partial charge in [0.2, 0.25) is 5.95 Å². The molecule has 0 N–H and O–H groups in total. The van der Waals surface area contributed by atoms with Crippen molar-refractivity contribution in [1.82, 2.24) is 14.5 Å². The van der Waals surface area contributed by atoms with Gasteiger partial charge in [0.25, 0.3) is 0 Å². The quantitative estimate of drug-likeness (QED) is 0.194. The third kappa shape index (κ3) is 4.27. The summed E-state index contributed by atoms with van der Waals surface area (Å²) in [5, 5.41) is 6.01. The molecule has 48 heavy (non-hydrogen) atoms. The highest BCUT2D eigenvalue weighted by Crippen LogP contribution is 2.40. The second kappa shape index (κ2) is 10.7. The lowest BCUT2D eigenvalue weighted by molar-refractivity contribution is 1.01. The van der Waals surface area contributed by atoms with E-state index < -0.39 is 0 Å². The Bertz CT molecular complexity index is 2830. The number of aromatic nitrogens is 3. The lowest BCUT2D eigenvalue weighted by Gasteiger charge is -2.12. The zero-order chi connectivity index (χ0) is 31.6. The van der Waals surface area contributed by atoms with Gasteiger partial charge in [0, 0.05) is 41.9 Å². The van der Waals surface area contributed by atoms with Crippen molar-refractivity contribution >= 4 is 64.2 Å². The molecule has 10 aromatic rings. The van der Waals surface area contributed by atoms with Gasteiger partial charge in [-0.15, -0.1) is 11.3 Å². The van der Waals surface area contributed by atoms with E-state index in [2.05, 4.69) is 156 Å². The Morgan fingerprint density at radius 1 is 0.375 bits per heavy atom. The zero-order valence-corrected chi connectivity index (χ0v) is 26.7. The minimum absolute atomic E-state index is 0.666. The Hall–Kier alpha value is -6.10. The predicted octanol–water partition coefficient (Wildman–Crippen LogP) is 12.1. The summed E-state index contributed by atoms with van der Waals surface area (Å²) < 4.78 is 4.87. The summed E-state index contributed by atoms with van der Waals surface area (Å²) in [6.45, 7) is 0. The van der Waals surface area contributed by atoms with Crippen molar-refractivity contribution in [1.29, 1.82) is 0 Å². The fourth-order valence-corrected chi connectivity index (χ4v) is 8.20. The van der Waals surface area contributed by atoms with Crippen LogP contribution in [-0.2, 0) is 0 Å². The first-order valence-electron chi connectivity index (χ1n) is 16.2. The molecule has 0 atom stereocenters. The van der Waals surface area contributed by atoms with E-state index in [0.29, 0.717) is 5.95 Å². The monoisotopic (exact) mass is 629 g/mol. The molecule has 0 amide bonds. The molecule has 3 heterocycles. The van der Waals surface area contributed by atoms with Crippen molar-refractivity contribution in [2.75, 3.05) is 0 Å². The standard InChI is InChI=1S/C44H27N3S/c1-3-11-28(12-4-1)30-19-22-39-35(25-30)36-26-31(32-21-24-42-37(27-32)33-15-8-10-18-41(33)48-42)20-23-40(36)47(39)44-45-38-17-9-7-16-34(38)43(46-44)29-13-5-2-6-14-29/h1-27H. The molecule has 3 nitrogen and oxygen atoms in total. The SMILES string of the molecule is c1ccc(-c2ccc3c(c2)c2cc(-c4ccc5sc6ccccc6c5c4)ccc2n3-c2nc(-c3ccccc3)c3ccccc3n2)cc1. The normalized spacial score (nSPS) is 11.8. The Morgan fingerprint density at radius 3 is 1.65 bits per heavy atom. The van der Waals surface area contributed by atoms with Crippen LogP contribution in [0.4, 0.5) is 0 Å². The molecule has 0 spiro atoms. The average Bonchev–Trinajstić information content (AvgIpc) is 3.69. The molecule has 0 aliphatic rings. The molecular formula is C44H27N3S. The van der Waals surface area contributed by atoms with E-state index in [4.69, 9.17) is 9.97 Å². The van der Waals surface area contributed by atoms with Crippen LogP contribution >= 0.6 is 11.3 Å². The van der Waals surface area contributed by atoms with Crippen molar-refractivity contribution in [2.24, 2.45) is 0 Å². The number of hydrogen-bond acceptors (Lipinski definition) is 3. The molecule has 4 heteroatoms. The summed E-state index contributed by atoms with van der Waals surface area (Å²) in [5.41, 5.74) is 9.86. The molecule has 7 aromatic carbocycles. The van der Waals surface area contributed by atoms with Crippen LogP contribution in [0.1, 0.15) is 0 Å². The average molecular weight is 630 g/mol. The maximum Gasteiger partial charge on any atom is 0.235 e. The molecule has 0 bridgehead atoms. The number of rotatable bonds is 4. The van der Waals surface area contributed by atoms with Crippen LogP contribution in [0.3, 0.4) is 0 Å². The number of hydrogen-bond donors (Lipinski definition) is 0. The van der Waals surface area contributed by atoms with Gasteiger partial charge in [0.05, 0.1) is 22.2 Å². The molecular weight excluding hydrogens is 603 g/mol. The highest BCUT2D eigenvalue weighted by molar-refractivity contribution is 7.25. The first kappa shape index (κ1) is 27.1. The third-order valence-electron chi connectivity index (χ3n) is 9.42. The minimum atomic E-state index is 0.666. The molecule has 0 unspecified atom stereocenters. The van der Waals surface area contributed by atoms with E-state index in [1.165, 1.54) is 53.2 Å². The van der Waals surface area contributed by atoms with Crippen LogP contribution in [0.2, 0.25) is 0 Å². The number of thiophene rings is 1. The summed E-state index contributed by atoms with van der Waals surface area (Å²) in [7, 11) is 0. The summed E-state index contributed by atoms with van der Waals surface area (Å²) in [6.07, 6.45) is 0. The topological polar surface area (TPSA) is 30.7 Å². The Labute approximate surface area is 281 Å². The molecule has 224 valence electrons. The van der Waals surface area contributed by atoms with E-state index in [1.54, 1.807) is 0 Å². The largest absolute Gasteiger partial charge is 0.278 e. The second-order valence-electron chi connectivity index (χ2n) is 12.2. The van der Waals surface area contributed by atoms with Crippen molar-refractivity contribution in [3.8, 4) is 39.5 Å². The lowest BCUT2D eigenvalue weighted by atomic mass is 9.99. The molecule has 10 rings (SSSR count). The molecule has 0 aliphatic carbocycles. The summed E-state index contributed by atoms with van der Waals surface area (Å²) in [6, 6.07) is 58.5. The van der Waals surface area contributed by atoms with E-state index in [-0.39, 0.29) is 0 Å². The smallest absolute Gasteiger partial charge is 0.235 e. The first-order valence-corrected chi connectivity index (χ1v) is 17.0. The summed E-state index contributed by atoms with van der Waals surface area (Å²) in [5.74, 6) is 0.666. The fourth-order valence-electron chi connectivity index (χ4n) is 7.11. The van der Waals surface area contributed by atoms with E-state index in [0.717, 1.165) is 33.2 Å². The van der Waals surface area contributed by atoms with E-state index in [1.807, 2.05) is 23.5 Å². The van der Waals surface area contributed by atoms with Crippen molar-refractivity contribution in [2.45, 2.75) is 0 Å². The van der Waals surface area contributed by atoms with Gasteiger partial charge < -0.3 is 0 Å². The number of nitrogens with zero attached hydrogens (tertiary/aromatic N) is 3. The fraction of sp³-hybridized carbons (Fsp3) is 0. The summed E-state index contributed by atoms with van der Waals surface area (Å²) >= 11 is 1.85. The van der Waals surface area contributed by atoms with Crippen LogP contribution in [0.15, 0.2) is 164 Å². The van der Waals surface area contributed by atoms with Crippen molar-refractivity contribution in [3.05, 3.63) is 164 Å². The van der Waals surface area contributed by atoms with Gasteiger partial charge >= 0.3 is 0 Å². The Morgan fingerprint density at radius 2 is 0.917 bits per heavy atom. The number of fused-ring (bicyclic) bond motifs is 7. The molecule has 0 fully saturated rings. The van der Waals surface area contributed by atoms with E-state index in [9.17, 15) is 0 Å². The van der Waals surface area contributed by atoms with E-state index >= 15 is 0 Å². The maximum absolute atomic E-state index is 5.29. The zero-order valence-electron chi connectivity index (χ0n) is 25.8. The second-order valence-corrected chi connectivity index (χ2v) is 13.3. The molecule has 0 aliphatic heterocycles. The van der Waals surface area contributed by atoms with Crippen molar-refractivity contribution in [3.63, 3.8) is 0 Å². The lowest BCUT2D eigenvalue weighted by Crippen LogP contribution is -2.03. The molecule has 0 radical (unpaired) electrons. The van der Waals surface area contributed by atoms with Gasteiger partial charge in [-0.25, -0.2) is 9.97 Å². The summed E-state index contributed by atoms with van der Waals surface area (Å²) in [4.78, 5) is 10.5. The van der Waals surface area contributed by atoms with Gasteiger partial charge in [0.15, 0.2) is 0 Å². The third-order valence-corrected chi connectivity index (χ3v) is 10.6. The van der Waals surface area contributed by atoms with Crippen LogP contribution in [-0.4, -0.2) is 14.5 Å². The van der Waals surface area contributed by atoms with Crippen LogP contribution in [0.25, 0.3) is 92.3 Å². The van der Waals surface area contributed by atoms with Gasteiger partial charge in [-0.3, -0.25) is 4.57 Å².